The maximum atomic E-state index is 12.4. The lowest BCUT2D eigenvalue weighted by molar-refractivity contribution is 0.101. The van der Waals surface area contributed by atoms with Crippen molar-refractivity contribution < 1.29 is 4.79 Å². The largest absolute Gasteiger partial charge is 0.354 e. The Morgan fingerprint density at radius 2 is 2.00 bits per heavy atom. The fourth-order valence-electron chi connectivity index (χ4n) is 2.46. The first-order chi connectivity index (χ1) is 11.0. The molecule has 0 amide bonds. The molecular weight excluding hydrogens is 328 g/mol. The number of nitrogens with one attached hydrogen (secondary N) is 1. The van der Waals surface area contributed by atoms with E-state index in [1.807, 2.05) is 51.1 Å². The molecule has 1 N–H and O–H groups in total. The Morgan fingerprint density at radius 3 is 2.78 bits per heavy atom. The van der Waals surface area contributed by atoms with Gasteiger partial charge in [-0.2, -0.15) is 0 Å². The molecule has 0 aliphatic heterocycles. The predicted molar refractivity (Wildman–Crippen MR) is 98.1 cm³/mol. The summed E-state index contributed by atoms with van der Waals surface area (Å²) in [6, 6.07) is 9.76. The number of aryl methyl sites for hydroxylation is 3. The molecule has 3 nitrogen and oxygen atoms in total. The molecule has 5 heteroatoms. The SMILES string of the molecule is Cc1ccc(C)c(C(=O)CNc2nc3c(C)c(Cl)ccc3s2)c1. The van der Waals surface area contributed by atoms with Crippen LogP contribution in [0.5, 0.6) is 0 Å². The first kappa shape index (κ1) is 16.0. The van der Waals surface area contributed by atoms with E-state index in [1.165, 1.54) is 11.3 Å². The monoisotopic (exact) mass is 344 g/mol. The minimum absolute atomic E-state index is 0.0696. The second-order valence-electron chi connectivity index (χ2n) is 5.63. The number of anilines is 1. The Morgan fingerprint density at radius 1 is 1.22 bits per heavy atom. The molecule has 0 bridgehead atoms. The highest BCUT2D eigenvalue weighted by molar-refractivity contribution is 7.22. The Hall–Kier alpha value is -1.91. The zero-order valence-corrected chi connectivity index (χ0v) is 14.8. The van der Waals surface area contributed by atoms with Crippen LogP contribution in [-0.4, -0.2) is 17.3 Å². The van der Waals surface area contributed by atoms with E-state index in [0.29, 0.717) is 5.02 Å². The molecule has 0 aliphatic carbocycles. The molecular formula is C18H17ClN2OS. The van der Waals surface area contributed by atoms with Crippen LogP contribution in [0.15, 0.2) is 30.3 Å². The minimum Gasteiger partial charge on any atom is -0.354 e. The van der Waals surface area contributed by atoms with Gasteiger partial charge in [-0.05, 0) is 50.1 Å². The summed E-state index contributed by atoms with van der Waals surface area (Å²) in [5.41, 5.74) is 4.70. The van der Waals surface area contributed by atoms with Gasteiger partial charge in [-0.1, -0.05) is 40.6 Å². The first-order valence-electron chi connectivity index (χ1n) is 7.35. The quantitative estimate of drug-likeness (QED) is 0.664. The summed E-state index contributed by atoms with van der Waals surface area (Å²) in [7, 11) is 0. The molecule has 0 unspecified atom stereocenters. The van der Waals surface area contributed by atoms with E-state index >= 15 is 0 Å². The lowest BCUT2D eigenvalue weighted by Gasteiger charge is -2.06. The molecule has 0 atom stereocenters. The van der Waals surface area contributed by atoms with Gasteiger partial charge in [0.1, 0.15) is 0 Å². The number of thiazole rings is 1. The Balaban J connectivity index is 1.79. The molecule has 23 heavy (non-hydrogen) atoms. The molecule has 0 saturated heterocycles. The van der Waals surface area contributed by atoms with Gasteiger partial charge >= 0.3 is 0 Å². The average molecular weight is 345 g/mol. The van der Waals surface area contributed by atoms with E-state index in [2.05, 4.69) is 10.3 Å². The number of carbonyl (C=O) groups excluding carboxylic acids is 1. The van der Waals surface area contributed by atoms with Gasteiger partial charge in [0.2, 0.25) is 0 Å². The second kappa shape index (κ2) is 6.30. The number of benzene rings is 2. The van der Waals surface area contributed by atoms with Crippen molar-refractivity contribution in [2.24, 2.45) is 0 Å². The van der Waals surface area contributed by atoms with Gasteiger partial charge in [0.25, 0.3) is 0 Å². The maximum Gasteiger partial charge on any atom is 0.184 e. The highest BCUT2D eigenvalue weighted by Gasteiger charge is 2.12. The summed E-state index contributed by atoms with van der Waals surface area (Å²) in [6.07, 6.45) is 0. The Kier molecular flexibility index (Phi) is 4.37. The van der Waals surface area contributed by atoms with E-state index in [0.717, 1.165) is 37.6 Å². The van der Waals surface area contributed by atoms with Crippen LogP contribution in [0.4, 0.5) is 5.13 Å². The topological polar surface area (TPSA) is 42.0 Å². The number of rotatable bonds is 4. The lowest BCUT2D eigenvalue weighted by atomic mass is 10.0. The standard InChI is InChI=1S/C18H17ClN2OS/c1-10-4-5-11(2)13(8-10)15(22)9-20-18-21-17-12(3)14(19)6-7-16(17)23-18/h4-8H,9H2,1-3H3,(H,20,21). The molecule has 0 spiro atoms. The number of fused-ring (bicyclic) bond motifs is 1. The smallest absolute Gasteiger partial charge is 0.184 e. The van der Waals surface area contributed by atoms with Crippen LogP contribution in [0.25, 0.3) is 10.2 Å². The number of aromatic nitrogens is 1. The van der Waals surface area contributed by atoms with Crippen molar-refractivity contribution in [2.45, 2.75) is 20.8 Å². The molecule has 118 valence electrons. The molecule has 0 fully saturated rings. The van der Waals surface area contributed by atoms with Crippen LogP contribution in [0.3, 0.4) is 0 Å². The normalized spacial score (nSPS) is 11.0. The van der Waals surface area contributed by atoms with Crippen LogP contribution in [0, 0.1) is 20.8 Å². The van der Waals surface area contributed by atoms with Crippen molar-refractivity contribution in [1.29, 1.82) is 0 Å². The Labute approximate surface area is 144 Å². The molecule has 3 aromatic rings. The number of nitrogens with zero attached hydrogens (tertiary/aromatic N) is 1. The van der Waals surface area contributed by atoms with Crippen molar-refractivity contribution in [1.82, 2.24) is 4.98 Å². The van der Waals surface area contributed by atoms with E-state index in [1.54, 1.807) is 0 Å². The summed E-state index contributed by atoms with van der Waals surface area (Å²) in [6.45, 7) is 6.13. The van der Waals surface area contributed by atoms with Crippen molar-refractivity contribution >= 4 is 44.1 Å². The van der Waals surface area contributed by atoms with E-state index < -0.39 is 0 Å². The second-order valence-corrected chi connectivity index (χ2v) is 7.07. The number of Topliss-reactive ketones (excluding diaryl/α,β-unsaturated/α-hetero) is 1. The summed E-state index contributed by atoms with van der Waals surface area (Å²) in [5.74, 6) is 0.0696. The van der Waals surface area contributed by atoms with Crippen LogP contribution in [0.2, 0.25) is 5.02 Å². The van der Waals surface area contributed by atoms with E-state index in [-0.39, 0.29) is 12.3 Å². The highest BCUT2D eigenvalue weighted by atomic mass is 35.5. The summed E-state index contributed by atoms with van der Waals surface area (Å²) < 4.78 is 1.06. The lowest BCUT2D eigenvalue weighted by Crippen LogP contribution is -2.15. The van der Waals surface area contributed by atoms with Crippen LogP contribution in [-0.2, 0) is 0 Å². The summed E-state index contributed by atoms with van der Waals surface area (Å²) in [4.78, 5) is 17.0. The fourth-order valence-corrected chi connectivity index (χ4v) is 3.54. The third-order valence-electron chi connectivity index (χ3n) is 3.84. The predicted octanol–water partition coefficient (Wildman–Crippen LogP) is 5.17. The number of hydrogen-bond donors (Lipinski definition) is 1. The van der Waals surface area contributed by atoms with Crippen LogP contribution < -0.4 is 5.32 Å². The van der Waals surface area contributed by atoms with Gasteiger partial charge in [0, 0.05) is 10.6 Å². The van der Waals surface area contributed by atoms with Crippen molar-refractivity contribution in [3.05, 3.63) is 57.6 Å². The fraction of sp³-hybridized carbons (Fsp3) is 0.222. The third-order valence-corrected chi connectivity index (χ3v) is 5.23. The average Bonchev–Trinajstić information content (AvgIpc) is 2.95. The van der Waals surface area contributed by atoms with Gasteiger partial charge < -0.3 is 5.32 Å². The summed E-state index contributed by atoms with van der Waals surface area (Å²) >= 11 is 7.66. The van der Waals surface area contributed by atoms with Gasteiger partial charge in [0.05, 0.1) is 16.8 Å². The van der Waals surface area contributed by atoms with Crippen molar-refractivity contribution in [3.8, 4) is 0 Å². The van der Waals surface area contributed by atoms with Gasteiger partial charge in [-0.25, -0.2) is 4.98 Å². The molecule has 2 aromatic carbocycles. The minimum atomic E-state index is 0.0696. The third kappa shape index (κ3) is 3.23. The summed E-state index contributed by atoms with van der Waals surface area (Å²) in [5, 5.41) is 4.59. The van der Waals surface area contributed by atoms with Crippen molar-refractivity contribution in [3.63, 3.8) is 0 Å². The van der Waals surface area contributed by atoms with E-state index in [4.69, 9.17) is 11.6 Å². The first-order valence-corrected chi connectivity index (χ1v) is 8.55. The number of halogens is 1. The van der Waals surface area contributed by atoms with Crippen molar-refractivity contribution in [2.75, 3.05) is 11.9 Å². The number of hydrogen-bond acceptors (Lipinski definition) is 4. The van der Waals surface area contributed by atoms with E-state index in [9.17, 15) is 4.79 Å². The van der Waals surface area contributed by atoms with Gasteiger partial charge in [-0.3, -0.25) is 4.79 Å². The van der Waals surface area contributed by atoms with Gasteiger partial charge in [0.15, 0.2) is 10.9 Å². The van der Waals surface area contributed by atoms with Gasteiger partial charge in [-0.15, -0.1) is 0 Å². The molecule has 1 heterocycles. The maximum absolute atomic E-state index is 12.4. The van der Waals surface area contributed by atoms with Crippen LogP contribution in [0.1, 0.15) is 27.0 Å². The van der Waals surface area contributed by atoms with Crippen LogP contribution >= 0.6 is 22.9 Å². The zero-order valence-electron chi connectivity index (χ0n) is 13.2. The molecule has 0 saturated carbocycles. The number of ketones is 1. The highest BCUT2D eigenvalue weighted by Crippen LogP contribution is 2.31. The zero-order chi connectivity index (χ0) is 16.6. The molecule has 0 radical (unpaired) electrons. The molecule has 1 aromatic heterocycles. The molecule has 3 rings (SSSR count). The molecule has 0 aliphatic rings. The number of carbonyl (C=O) groups is 1. The Bertz CT molecular complexity index is 901.